The molecule has 0 heterocycles. The number of benzene rings is 1. The normalized spacial score (nSPS) is 11.2. The maximum atomic E-state index is 11.5. The highest BCUT2D eigenvalue weighted by Gasteiger charge is 2.15. The van der Waals surface area contributed by atoms with E-state index in [1.54, 1.807) is 7.11 Å². The van der Waals surface area contributed by atoms with Crippen molar-refractivity contribution in [1.82, 2.24) is 0 Å². The molecule has 5 nitrogen and oxygen atoms in total. The summed E-state index contributed by atoms with van der Waals surface area (Å²) in [4.78, 5) is 11.5. The van der Waals surface area contributed by atoms with E-state index in [1.807, 2.05) is 39.0 Å². The molecule has 0 radical (unpaired) electrons. The number of hydrogen-bond acceptors (Lipinski definition) is 5. The molecule has 2 N–H and O–H groups in total. The van der Waals surface area contributed by atoms with Gasteiger partial charge in [0.2, 0.25) is 0 Å². The van der Waals surface area contributed by atoms with Crippen LogP contribution in [0.4, 0.5) is 5.69 Å². The SMILES string of the molecule is COc1ccc(COCCCC(=O)OC(C)(C)C)cc1N. The largest absolute Gasteiger partial charge is 0.495 e. The van der Waals surface area contributed by atoms with Crippen LogP contribution in [-0.4, -0.2) is 25.3 Å². The molecule has 0 amide bonds. The summed E-state index contributed by atoms with van der Waals surface area (Å²) in [7, 11) is 1.58. The van der Waals surface area contributed by atoms with E-state index in [0.717, 1.165) is 5.56 Å². The van der Waals surface area contributed by atoms with E-state index >= 15 is 0 Å². The number of methoxy groups -OCH3 is 1. The van der Waals surface area contributed by atoms with Crippen LogP contribution in [0.5, 0.6) is 5.75 Å². The molecule has 0 saturated carbocycles. The number of carbonyl (C=O) groups excluding carboxylic acids is 1. The smallest absolute Gasteiger partial charge is 0.306 e. The Morgan fingerprint density at radius 3 is 2.57 bits per heavy atom. The molecule has 118 valence electrons. The quantitative estimate of drug-likeness (QED) is 0.476. The van der Waals surface area contributed by atoms with Crippen LogP contribution in [-0.2, 0) is 20.9 Å². The van der Waals surface area contributed by atoms with Crippen LogP contribution in [0.3, 0.4) is 0 Å². The van der Waals surface area contributed by atoms with Gasteiger partial charge in [-0.05, 0) is 44.9 Å². The standard InChI is InChI=1S/C16H25NO4/c1-16(2,3)21-15(18)6-5-9-20-11-12-7-8-14(19-4)13(17)10-12/h7-8,10H,5-6,9,11,17H2,1-4H3. The zero-order valence-electron chi connectivity index (χ0n) is 13.3. The molecule has 0 atom stereocenters. The average molecular weight is 295 g/mol. The number of nitrogens with two attached hydrogens (primary N) is 1. The fourth-order valence-corrected chi connectivity index (χ4v) is 1.77. The maximum Gasteiger partial charge on any atom is 0.306 e. The molecular formula is C16H25NO4. The molecule has 0 aliphatic heterocycles. The van der Waals surface area contributed by atoms with Crippen molar-refractivity contribution in [1.29, 1.82) is 0 Å². The lowest BCUT2D eigenvalue weighted by Crippen LogP contribution is -2.23. The van der Waals surface area contributed by atoms with Crippen LogP contribution >= 0.6 is 0 Å². The summed E-state index contributed by atoms with van der Waals surface area (Å²) >= 11 is 0. The second kappa shape index (κ2) is 7.88. The van der Waals surface area contributed by atoms with Crippen LogP contribution < -0.4 is 10.5 Å². The van der Waals surface area contributed by atoms with E-state index in [2.05, 4.69) is 0 Å². The molecule has 5 heteroatoms. The summed E-state index contributed by atoms with van der Waals surface area (Å²) in [5.41, 5.74) is 6.95. The molecule has 0 spiro atoms. The molecule has 1 aromatic carbocycles. The number of nitrogen functional groups attached to an aromatic ring is 1. The Morgan fingerprint density at radius 2 is 2.00 bits per heavy atom. The predicted molar refractivity (Wildman–Crippen MR) is 82.1 cm³/mol. The van der Waals surface area contributed by atoms with Gasteiger partial charge in [-0.25, -0.2) is 0 Å². The lowest BCUT2D eigenvalue weighted by atomic mass is 10.2. The number of hydrogen-bond donors (Lipinski definition) is 1. The van der Waals surface area contributed by atoms with Gasteiger partial charge in [-0.2, -0.15) is 0 Å². The van der Waals surface area contributed by atoms with Gasteiger partial charge in [0.15, 0.2) is 0 Å². The molecule has 21 heavy (non-hydrogen) atoms. The van der Waals surface area contributed by atoms with Crippen molar-refractivity contribution in [3.8, 4) is 5.75 Å². The summed E-state index contributed by atoms with van der Waals surface area (Å²) < 4.78 is 15.8. The number of esters is 1. The molecule has 0 aliphatic carbocycles. The van der Waals surface area contributed by atoms with Gasteiger partial charge in [-0.15, -0.1) is 0 Å². The zero-order valence-corrected chi connectivity index (χ0v) is 13.3. The third-order valence-electron chi connectivity index (χ3n) is 2.65. The maximum absolute atomic E-state index is 11.5. The molecule has 0 bridgehead atoms. The van der Waals surface area contributed by atoms with Gasteiger partial charge in [0.05, 0.1) is 19.4 Å². The van der Waals surface area contributed by atoms with E-state index < -0.39 is 5.60 Å². The van der Waals surface area contributed by atoms with Crippen molar-refractivity contribution in [3.05, 3.63) is 23.8 Å². The molecular weight excluding hydrogens is 270 g/mol. The van der Waals surface area contributed by atoms with Crippen LogP contribution in [0.1, 0.15) is 39.2 Å². The second-order valence-corrected chi connectivity index (χ2v) is 5.82. The van der Waals surface area contributed by atoms with Gasteiger partial charge in [-0.3, -0.25) is 4.79 Å². The fraction of sp³-hybridized carbons (Fsp3) is 0.562. The van der Waals surface area contributed by atoms with Crippen molar-refractivity contribution >= 4 is 11.7 Å². The minimum absolute atomic E-state index is 0.195. The third-order valence-corrected chi connectivity index (χ3v) is 2.65. The first-order chi connectivity index (χ1) is 9.81. The van der Waals surface area contributed by atoms with Gasteiger partial charge in [0.25, 0.3) is 0 Å². The van der Waals surface area contributed by atoms with Crippen molar-refractivity contribution in [3.63, 3.8) is 0 Å². The Morgan fingerprint density at radius 1 is 1.29 bits per heavy atom. The summed E-state index contributed by atoms with van der Waals surface area (Å²) in [6, 6.07) is 5.55. The molecule has 0 aromatic heterocycles. The van der Waals surface area contributed by atoms with Gasteiger partial charge in [-0.1, -0.05) is 6.07 Å². The van der Waals surface area contributed by atoms with Crippen LogP contribution in [0.25, 0.3) is 0 Å². The monoisotopic (exact) mass is 295 g/mol. The van der Waals surface area contributed by atoms with Crippen LogP contribution in [0.2, 0.25) is 0 Å². The Kier molecular flexibility index (Phi) is 6.49. The third kappa shape index (κ3) is 6.99. The van der Waals surface area contributed by atoms with E-state index in [4.69, 9.17) is 19.9 Å². The number of carbonyl (C=O) groups is 1. The van der Waals surface area contributed by atoms with Crippen LogP contribution in [0.15, 0.2) is 18.2 Å². The average Bonchev–Trinajstić information content (AvgIpc) is 2.36. The lowest BCUT2D eigenvalue weighted by Gasteiger charge is -2.19. The molecule has 0 fully saturated rings. The van der Waals surface area contributed by atoms with E-state index in [9.17, 15) is 4.79 Å². The van der Waals surface area contributed by atoms with Crippen molar-refractivity contribution < 1.29 is 19.0 Å². The molecule has 0 unspecified atom stereocenters. The second-order valence-electron chi connectivity index (χ2n) is 5.82. The highest BCUT2D eigenvalue weighted by molar-refractivity contribution is 5.69. The summed E-state index contributed by atoms with van der Waals surface area (Å²) in [6.07, 6.45) is 1.00. The topological polar surface area (TPSA) is 70.8 Å². The summed E-state index contributed by atoms with van der Waals surface area (Å²) in [6.45, 7) is 6.54. The molecule has 0 aliphatic rings. The Hall–Kier alpha value is -1.75. The first-order valence-corrected chi connectivity index (χ1v) is 7.04. The van der Waals surface area contributed by atoms with Gasteiger partial charge < -0.3 is 19.9 Å². The number of anilines is 1. The highest BCUT2D eigenvalue weighted by Crippen LogP contribution is 2.22. The molecule has 0 saturated heterocycles. The predicted octanol–water partition coefficient (Wildman–Crippen LogP) is 2.92. The Bertz CT molecular complexity index is 466. The zero-order chi connectivity index (χ0) is 15.9. The highest BCUT2D eigenvalue weighted by atomic mass is 16.6. The number of rotatable bonds is 7. The van der Waals surface area contributed by atoms with E-state index in [0.29, 0.717) is 37.5 Å². The minimum Gasteiger partial charge on any atom is -0.495 e. The van der Waals surface area contributed by atoms with E-state index in [-0.39, 0.29) is 5.97 Å². The van der Waals surface area contributed by atoms with Gasteiger partial charge >= 0.3 is 5.97 Å². The van der Waals surface area contributed by atoms with Gasteiger partial charge in [0, 0.05) is 13.0 Å². The van der Waals surface area contributed by atoms with Crippen molar-refractivity contribution in [2.75, 3.05) is 19.5 Å². The van der Waals surface area contributed by atoms with Gasteiger partial charge in [0.1, 0.15) is 11.4 Å². The minimum atomic E-state index is -0.432. The van der Waals surface area contributed by atoms with E-state index in [1.165, 1.54) is 0 Å². The molecule has 1 aromatic rings. The van der Waals surface area contributed by atoms with Crippen molar-refractivity contribution in [2.45, 2.75) is 45.8 Å². The summed E-state index contributed by atoms with van der Waals surface area (Å²) in [5.74, 6) is 0.462. The van der Waals surface area contributed by atoms with Crippen LogP contribution in [0, 0.1) is 0 Å². The lowest BCUT2D eigenvalue weighted by molar-refractivity contribution is -0.155. The first kappa shape index (κ1) is 17.3. The Labute approximate surface area is 126 Å². The van der Waals surface area contributed by atoms with Crippen molar-refractivity contribution in [2.24, 2.45) is 0 Å². The fourth-order valence-electron chi connectivity index (χ4n) is 1.77. The first-order valence-electron chi connectivity index (χ1n) is 7.04. The number of ether oxygens (including phenoxy) is 3. The molecule has 1 rings (SSSR count). The summed E-state index contributed by atoms with van der Waals surface area (Å²) in [5, 5.41) is 0. The Balaban J connectivity index is 2.23.